The highest BCUT2D eigenvalue weighted by atomic mass is 19.1. The van der Waals surface area contributed by atoms with Crippen LogP contribution in [0.3, 0.4) is 0 Å². The Labute approximate surface area is 129 Å². The molecule has 0 N–H and O–H groups in total. The van der Waals surface area contributed by atoms with Gasteiger partial charge in [0.1, 0.15) is 23.8 Å². The minimum Gasteiger partial charge on any atom is -0.349 e. The van der Waals surface area contributed by atoms with E-state index in [1.165, 1.54) is 18.5 Å². The quantitative estimate of drug-likeness (QED) is 0.859. The molecule has 116 valence electrons. The van der Waals surface area contributed by atoms with Crippen LogP contribution < -0.4 is 4.90 Å². The van der Waals surface area contributed by atoms with Gasteiger partial charge in [-0.2, -0.15) is 0 Å². The Bertz CT molecular complexity index is 688. The fourth-order valence-electron chi connectivity index (χ4n) is 3.06. The van der Waals surface area contributed by atoms with E-state index >= 15 is 0 Å². The third-order valence-electron chi connectivity index (χ3n) is 4.27. The second-order valence-corrected chi connectivity index (χ2v) is 5.66. The van der Waals surface area contributed by atoms with Crippen molar-refractivity contribution in [2.45, 2.75) is 39.2 Å². The van der Waals surface area contributed by atoms with E-state index < -0.39 is 11.6 Å². The first-order valence-corrected chi connectivity index (χ1v) is 7.64. The zero-order valence-electron chi connectivity index (χ0n) is 12.8. The van der Waals surface area contributed by atoms with Crippen molar-refractivity contribution >= 4 is 5.82 Å². The summed E-state index contributed by atoms with van der Waals surface area (Å²) in [6, 6.07) is 4.43. The summed E-state index contributed by atoms with van der Waals surface area (Å²) in [4.78, 5) is 10.5. The number of aromatic nitrogens is 2. The fraction of sp³-hybridized carbons (Fsp3) is 0.412. The van der Waals surface area contributed by atoms with Crippen molar-refractivity contribution < 1.29 is 8.78 Å². The molecule has 1 aliphatic heterocycles. The van der Waals surface area contributed by atoms with Crippen molar-refractivity contribution in [3.05, 3.63) is 53.0 Å². The van der Waals surface area contributed by atoms with Crippen molar-refractivity contribution in [1.82, 2.24) is 9.97 Å². The molecule has 0 amide bonds. The van der Waals surface area contributed by atoms with Gasteiger partial charge in [0.25, 0.3) is 0 Å². The molecule has 2 aromatic rings. The van der Waals surface area contributed by atoms with Gasteiger partial charge in [-0.3, -0.25) is 0 Å². The first kappa shape index (κ1) is 14.9. The summed E-state index contributed by atoms with van der Waals surface area (Å²) in [6.07, 6.45) is 3.94. The Balaban J connectivity index is 2.02. The summed E-state index contributed by atoms with van der Waals surface area (Å²) in [7, 11) is 0. The van der Waals surface area contributed by atoms with Gasteiger partial charge in [0.05, 0.1) is 6.04 Å². The Morgan fingerprint density at radius 2 is 2.09 bits per heavy atom. The van der Waals surface area contributed by atoms with Crippen LogP contribution in [0.5, 0.6) is 0 Å². The van der Waals surface area contributed by atoms with E-state index in [0.29, 0.717) is 5.56 Å². The van der Waals surface area contributed by atoms with Gasteiger partial charge in [0, 0.05) is 23.9 Å². The maximum Gasteiger partial charge on any atom is 0.134 e. The van der Waals surface area contributed by atoms with E-state index in [-0.39, 0.29) is 11.6 Å². The monoisotopic (exact) mass is 303 g/mol. The lowest BCUT2D eigenvalue weighted by molar-refractivity contribution is 0.519. The molecule has 5 heteroatoms. The summed E-state index contributed by atoms with van der Waals surface area (Å²) in [6.45, 7) is 4.43. The number of hydrogen-bond acceptors (Lipinski definition) is 3. The van der Waals surface area contributed by atoms with Gasteiger partial charge in [-0.25, -0.2) is 18.7 Å². The van der Waals surface area contributed by atoms with E-state index in [2.05, 4.69) is 9.97 Å². The Hall–Kier alpha value is -2.04. The second kappa shape index (κ2) is 5.99. The van der Waals surface area contributed by atoms with Gasteiger partial charge in [-0.15, -0.1) is 0 Å². The smallest absolute Gasteiger partial charge is 0.134 e. The number of hydrogen-bond donors (Lipinski definition) is 0. The fourth-order valence-corrected chi connectivity index (χ4v) is 3.06. The molecule has 2 heterocycles. The van der Waals surface area contributed by atoms with Gasteiger partial charge in [0.15, 0.2) is 0 Å². The summed E-state index contributed by atoms with van der Waals surface area (Å²) >= 11 is 0. The molecular formula is C17H19F2N3. The molecule has 0 aliphatic carbocycles. The first-order chi connectivity index (χ1) is 10.6. The van der Waals surface area contributed by atoms with E-state index in [1.807, 2.05) is 17.9 Å². The predicted octanol–water partition coefficient (Wildman–Crippen LogP) is 3.97. The zero-order chi connectivity index (χ0) is 15.7. The number of nitrogens with zero attached hydrogens (tertiary/aromatic N) is 3. The van der Waals surface area contributed by atoms with E-state index in [0.717, 1.165) is 37.3 Å². The summed E-state index contributed by atoms with van der Waals surface area (Å²) < 4.78 is 28.7. The van der Waals surface area contributed by atoms with Crippen LogP contribution in [0.2, 0.25) is 0 Å². The highest BCUT2D eigenvalue weighted by molar-refractivity contribution is 5.45. The normalized spacial score (nSPS) is 18.0. The standard InChI is InChI=1S/C17H19F2N3/c1-3-12-9-15(21-10-20-12)22-8-4-5-14(22)16-13(18)7-6-11(2)17(16)19/h6-7,9-10,14H,3-5,8H2,1-2H3. The number of anilines is 1. The van der Waals surface area contributed by atoms with Crippen LogP contribution in [-0.2, 0) is 6.42 Å². The lowest BCUT2D eigenvalue weighted by atomic mass is 10.0. The van der Waals surface area contributed by atoms with E-state index in [4.69, 9.17) is 0 Å². The third-order valence-corrected chi connectivity index (χ3v) is 4.27. The Morgan fingerprint density at radius 3 is 2.86 bits per heavy atom. The van der Waals surface area contributed by atoms with Crippen LogP contribution in [-0.4, -0.2) is 16.5 Å². The molecule has 1 atom stereocenters. The predicted molar refractivity (Wildman–Crippen MR) is 81.8 cm³/mol. The topological polar surface area (TPSA) is 29.0 Å². The van der Waals surface area contributed by atoms with Crippen molar-refractivity contribution in [3.8, 4) is 0 Å². The molecule has 1 aliphatic rings. The molecule has 0 bridgehead atoms. The molecule has 3 nitrogen and oxygen atoms in total. The third kappa shape index (κ3) is 2.56. The van der Waals surface area contributed by atoms with E-state index in [9.17, 15) is 8.78 Å². The summed E-state index contributed by atoms with van der Waals surface area (Å²) in [5, 5.41) is 0. The Morgan fingerprint density at radius 1 is 1.27 bits per heavy atom. The second-order valence-electron chi connectivity index (χ2n) is 5.66. The van der Waals surface area contributed by atoms with E-state index in [1.54, 1.807) is 6.92 Å². The summed E-state index contributed by atoms with van der Waals surface area (Å²) in [5.41, 5.74) is 1.56. The molecule has 22 heavy (non-hydrogen) atoms. The molecule has 1 fully saturated rings. The average molecular weight is 303 g/mol. The number of aryl methyl sites for hydroxylation is 2. The maximum absolute atomic E-state index is 14.4. The lowest BCUT2D eigenvalue weighted by Crippen LogP contribution is -2.25. The largest absolute Gasteiger partial charge is 0.349 e. The number of benzene rings is 1. The van der Waals surface area contributed by atoms with Gasteiger partial charge in [-0.05, 0) is 37.8 Å². The zero-order valence-corrected chi connectivity index (χ0v) is 12.8. The van der Waals surface area contributed by atoms with Gasteiger partial charge in [-0.1, -0.05) is 13.0 Å². The van der Waals surface area contributed by atoms with Crippen molar-refractivity contribution in [2.24, 2.45) is 0 Å². The van der Waals surface area contributed by atoms with Crippen molar-refractivity contribution in [3.63, 3.8) is 0 Å². The van der Waals surface area contributed by atoms with Crippen LogP contribution >= 0.6 is 0 Å². The Kier molecular flexibility index (Phi) is 4.05. The van der Waals surface area contributed by atoms with Gasteiger partial charge < -0.3 is 4.90 Å². The van der Waals surface area contributed by atoms with Crippen LogP contribution in [0.15, 0.2) is 24.5 Å². The highest BCUT2D eigenvalue weighted by Crippen LogP contribution is 2.38. The summed E-state index contributed by atoms with van der Waals surface area (Å²) in [5.74, 6) is -0.180. The van der Waals surface area contributed by atoms with Crippen LogP contribution in [0.1, 0.15) is 42.6 Å². The van der Waals surface area contributed by atoms with Gasteiger partial charge >= 0.3 is 0 Å². The molecule has 1 unspecified atom stereocenters. The molecule has 3 rings (SSSR count). The molecule has 0 spiro atoms. The molecule has 1 aromatic carbocycles. The minimum atomic E-state index is -0.482. The van der Waals surface area contributed by atoms with Crippen molar-refractivity contribution in [1.29, 1.82) is 0 Å². The molecule has 0 saturated carbocycles. The number of halogens is 2. The lowest BCUT2D eigenvalue weighted by Gasteiger charge is -2.27. The first-order valence-electron chi connectivity index (χ1n) is 7.64. The average Bonchev–Trinajstić information content (AvgIpc) is 3.01. The van der Waals surface area contributed by atoms with Gasteiger partial charge in [0.2, 0.25) is 0 Å². The SMILES string of the molecule is CCc1cc(N2CCCC2c2c(F)ccc(C)c2F)ncn1. The number of rotatable bonds is 3. The molecule has 1 aromatic heterocycles. The molecule has 0 radical (unpaired) electrons. The molecule has 1 saturated heterocycles. The highest BCUT2D eigenvalue weighted by Gasteiger charge is 2.32. The van der Waals surface area contributed by atoms with Crippen LogP contribution in [0, 0.1) is 18.6 Å². The van der Waals surface area contributed by atoms with Crippen LogP contribution in [0.25, 0.3) is 0 Å². The van der Waals surface area contributed by atoms with Crippen molar-refractivity contribution in [2.75, 3.05) is 11.4 Å². The van der Waals surface area contributed by atoms with Crippen LogP contribution in [0.4, 0.5) is 14.6 Å². The molecular weight excluding hydrogens is 284 g/mol. The maximum atomic E-state index is 14.4. The minimum absolute atomic E-state index is 0.161.